The van der Waals surface area contributed by atoms with Crippen LogP contribution in [0.1, 0.15) is 17.0 Å². The molecule has 0 saturated carbocycles. The lowest BCUT2D eigenvalue weighted by Gasteiger charge is -2.07. The lowest BCUT2D eigenvalue weighted by molar-refractivity contribution is 0.392. The van der Waals surface area contributed by atoms with E-state index in [2.05, 4.69) is 15.4 Å². The molecule has 5 rings (SSSR count). The van der Waals surface area contributed by atoms with E-state index in [4.69, 9.17) is 13.9 Å². The first-order chi connectivity index (χ1) is 13.7. The number of rotatable bonds is 5. The third-order valence-corrected chi connectivity index (χ3v) is 5.65. The zero-order valence-corrected chi connectivity index (χ0v) is 16.2. The highest BCUT2D eigenvalue weighted by Crippen LogP contribution is 2.29. The molecule has 0 aliphatic rings. The minimum absolute atomic E-state index is 0.683. The molecule has 0 atom stereocenters. The molecule has 0 bridgehead atoms. The smallest absolute Gasteiger partial charge is 0.197 e. The summed E-state index contributed by atoms with van der Waals surface area (Å²) in [5, 5.41) is 14.7. The zero-order chi connectivity index (χ0) is 19.1. The summed E-state index contributed by atoms with van der Waals surface area (Å²) in [5.74, 6) is 3.08. The number of aryl methyl sites for hydroxylation is 2. The van der Waals surface area contributed by atoms with Crippen molar-refractivity contribution in [3.63, 3.8) is 0 Å². The highest BCUT2D eigenvalue weighted by atomic mass is 32.2. The van der Waals surface area contributed by atoms with Crippen molar-refractivity contribution in [1.82, 2.24) is 24.7 Å². The zero-order valence-electron chi connectivity index (χ0n) is 15.4. The molecule has 0 aliphatic carbocycles. The normalized spacial score (nSPS) is 11.6. The van der Waals surface area contributed by atoms with Crippen LogP contribution in [-0.2, 0) is 6.42 Å². The van der Waals surface area contributed by atoms with E-state index in [1.165, 1.54) is 0 Å². The van der Waals surface area contributed by atoms with Crippen molar-refractivity contribution in [2.24, 2.45) is 0 Å². The molecule has 0 aliphatic heterocycles. The predicted molar refractivity (Wildman–Crippen MR) is 106 cm³/mol. The Balaban J connectivity index is 1.57. The van der Waals surface area contributed by atoms with Crippen molar-refractivity contribution in [3.05, 3.63) is 59.7 Å². The third kappa shape index (κ3) is 2.77. The second kappa shape index (κ2) is 6.79. The lowest BCUT2D eigenvalue weighted by atomic mass is 10.1. The molecule has 0 amide bonds. The van der Waals surface area contributed by atoms with Crippen LogP contribution in [0.5, 0.6) is 0 Å². The van der Waals surface area contributed by atoms with Gasteiger partial charge in [-0.1, -0.05) is 29.1 Å². The molecule has 1 aromatic carbocycles. The Morgan fingerprint density at radius 1 is 1.07 bits per heavy atom. The standard InChI is InChI=1S/C20H17N5O2S/c1-12-14(13(2)27-24-12)9-11-28-20-23-22-18-15-6-3-4-7-16(15)21-19(25(18)20)17-8-5-10-26-17/h3-8,10H,9,11H2,1-2H3. The number of fused-ring (bicyclic) bond motifs is 3. The highest BCUT2D eigenvalue weighted by molar-refractivity contribution is 7.99. The summed E-state index contributed by atoms with van der Waals surface area (Å²) in [4.78, 5) is 4.82. The van der Waals surface area contributed by atoms with Gasteiger partial charge in [0.15, 0.2) is 22.4 Å². The molecule has 140 valence electrons. The van der Waals surface area contributed by atoms with Gasteiger partial charge in [-0.05, 0) is 44.5 Å². The number of benzene rings is 1. The Kier molecular flexibility index (Phi) is 4.12. The van der Waals surface area contributed by atoms with E-state index in [0.717, 1.165) is 50.9 Å². The summed E-state index contributed by atoms with van der Waals surface area (Å²) in [7, 11) is 0. The van der Waals surface area contributed by atoms with E-state index in [1.54, 1.807) is 18.0 Å². The van der Waals surface area contributed by atoms with Crippen LogP contribution in [0, 0.1) is 13.8 Å². The van der Waals surface area contributed by atoms with Gasteiger partial charge in [0, 0.05) is 16.7 Å². The topological polar surface area (TPSA) is 82.2 Å². The molecule has 4 aromatic heterocycles. The van der Waals surface area contributed by atoms with Crippen LogP contribution >= 0.6 is 11.8 Å². The van der Waals surface area contributed by atoms with Gasteiger partial charge in [-0.25, -0.2) is 4.98 Å². The fraction of sp³-hybridized carbons (Fsp3) is 0.200. The van der Waals surface area contributed by atoms with Gasteiger partial charge in [0.25, 0.3) is 0 Å². The number of hydrogen-bond acceptors (Lipinski definition) is 7. The predicted octanol–water partition coefficient (Wildman–Crippen LogP) is 4.48. The number of nitrogens with zero attached hydrogens (tertiary/aromatic N) is 5. The average molecular weight is 391 g/mol. The van der Waals surface area contributed by atoms with Crippen molar-refractivity contribution >= 4 is 28.3 Å². The van der Waals surface area contributed by atoms with Crippen LogP contribution in [0.2, 0.25) is 0 Å². The van der Waals surface area contributed by atoms with E-state index < -0.39 is 0 Å². The van der Waals surface area contributed by atoms with E-state index in [9.17, 15) is 0 Å². The molecule has 28 heavy (non-hydrogen) atoms. The van der Waals surface area contributed by atoms with Gasteiger partial charge < -0.3 is 8.94 Å². The fourth-order valence-electron chi connectivity index (χ4n) is 3.33. The van der Waals surface area contributed by atoms with Crippen molar-refractivity contribution in [2.75, 3.05) is 5.75 Å². The minimum atomic E-state index is 0.683. The Labute approximate surface area is 164 Å². The largest absolute Gasteiger partial charge is 0.461 e. The minimum Gasteiger partial charge on any atom is -0.461 e. The Hall–Kier alpha value is -3.13. The number of aromatic nitrogens is 5. The van der Waals surface area contributed by atoms with Gasteiger partial charge in [0.2, 0.25) is 0 Å². The molecule has 0 N–H and O–H groups in total. The maximum absolute atomic E-state index is 5.63. The highest BCUT2D eigenvalue weighted by Gasteiger charge is 2.18. The molecule has 7 nitrogen and oxygen atoms in total. The molecular weight excluding hydrogens is 374 g/mol. The van der Waals surface area contributed by atoms with Crippen molar-refractivity contribution in [2.45, 2.75) is 25.4 Å². The number of hydrogen-bond donors (Lipinski definition) is 0. The number of thioether (sulfide) groups is 1. The maximum atomic E-state index is 5.63. The van der Waals surface area contributed by atoms with Gasteiger partial charge in [-0.2, -0.15) is 0 Å². The lowest BCUT2D eigenvalue weighted by Crippen LogP contribution is -2.00. The van der Waals surface area contributed by atoms with Crippen LogP contribution in [0.4, 0.5) is 0 Å². The molecular formula is C20H17N5O2S. The van der Waals surface area contributed by atoms with E-state index in [1.807, 2.05) is 54.6 Å². The molecule has 4 heterocycles. The van der Waals surface area contributed by atoms with Crippen LogP contribution in [0.3, 0.4) is 0 Å². The van der Waals surface area contributed by atoms with Gasteiger partial charge in [-0.3, -0.25) is 4.40 Å². The third-order valence-electron chi connectivity index (χ3n) is 4.72. The second-order valence-corrected chi connectivity index (χ2v) is 7.53. The average Bonchev–Trinajstić information content (AvgIpc) is 3.44. The molecule has 0 fully saturated rings. The van der Waals surface area contributed by atoms with Crippen LogP contribution in [-0.4, -0.2) is 30.5 Å². The first-order valence-electron chi connectivity index (χ1n) is 8.94. The molecule has 0 unspecified atom stereocenters. The van der Waals surface area contributed by atoms with Crippen molar-refractivity contribution < 1.29 is 8.94 Å². The van der Waals surface area contributed by atoms with Gasteiger partial charge in [-0.15, -0.1) is 10.2 Å². The van der Waals surface area contributed by atoms with Crippen LogP contribution < -0.4 is 0 Å². The van der Waals surface area contributed by atoms with Gasteiger partial charge >= 0.3 is 0 Å². The molecule has 0 radical (unpaired) electrons. The molecule has 5 aromatic rings. The second-order valence-electron chi connectivity index (χ2n) is 6.47. The monoisotopic (exact) mass is 391 g/mol. The van der Waals surface area contributed by atoms with E-state index in [0.29, 0.717) is 11.6 Å². The summed E-state index contributed by atoms with van der Waals surface area (Å²) in [6.45, 7) is 3.91. The Bertz CT molecular complexity index is 1250. The number of furan rings is 1. The molecule has 8 heteroatoms. The Morgan fingerprint density at radius 3 is 2.75 bits per heavy atom. The van der Waals surface area contributed by atoms with Crippen molar-refractivity contribution in [3.8, 4) is 11.6 Å². The molecule has 0 spiro atoms. The first kappa shape index (κ1) is 17.0. The summed E-state index contributed by atoms with van der Waals surface area (Å²) in [6, 6.07) is 11.7. The Morgan fingerprint density at radius 2 is 1.96 bits per heavy atom. The fourth-order valence-corrected chi connectivity index (χ4v) is 4.22. The number of para-hydroxylation sites is 1. The van der Waals surface area contributed by atoms with E-state index in [-0.39, 0.29) is 0 Å². The first-order valence-corrected chi connectivity index (χ1v) is 9.93. The summed E-state index contributed by atoms with van der Waals surface area (Å²) in [5.41, 5.74) is 3.72. The van der Waals surface area contributed by atoms with Gasteiger partial charge in [0.05, 0.1) is 17.5 Å². The summed E-state index contributed by atoms with van der Waals surface area (Å²) < 4.78 is 12.9. The maximum Gasteiger partial charge on any atom is 0.197 e. The van der Waals surface area contributed by atoms with E-state index >= 15 is 0 Å². The van der Waals surface area contributed by atoms with Crippen molar-refractivity contribution in [1.29, 1.82) is 0 Å². The molecule has 0 saturated heterocycles. The quantitative estimate of drug-likeness (QED) is 0.409. The van der Waals surface area contributed by atoms with Gasteiger partial charge in [0.1, 0.15) is 5.76 Å². The van der Waals surface area contributed by atoms with Crippen LogP contribution in [0.25, 0.3) is 28.1 Å². The SMILES string of the molecule is Cc1noc(C)c1CCSc1nnc2c3ccccc3nc(-c3ccco3)n12. The summed E-state index contributed by atoms with van der Waals surface area (Å²) >= 11 is 1.63. The summed E-state index contributed by atoms with van der Waals surface area (Å²) in [6.07, 6.45) is 2.49. The van der Waals surface area contributed by atoms with Crippen LogP contribution in [0.15, 0.2) is 56.8 Å².